The van der Waals surface area contributed by atoms with Gasteiger partial charge in [-0.15, -0.1) is 0 Å². The average molecular weight is 239 g/mol. The van der Waals surface area contributed by atoms with Crippen molar-refractivity contribution in [3.05, 3.63) is 24.2 Å². The molecule has 1 aromatic heterocycles. The van der Waals surface area contributed by atoms with Crippen LogP contribution >= 0.6 is 0 Å². The van der Waals surface area contributed by atoms with Crippen LogP contribution in [0, 0.1) is 0 Å². The lowest BCUT2D eigenvalue weighted by molar-refractivity contribution is -0.0281. The molecule has 1 aliphatic rings. The third-order valence-electron chi connectivity index (χ3n) is 3.61. The molecule has 96 valence electrons. The first-order chi connectivity index (χ1) is 8.15. The van der Waals surface area contributed by atoms with E-state index in [0.29, 0.717) is 19.6 Å². The van der Waals surface area contributed by atoms with Crippen LogP contribution in [0.4, 0.5) is 0 Å². The molecule has 0 spiro atoms. The molecule has 1 saturated heterocycles. The van der Waals surface area contributed by atoms with Crippen LogP contribution in [0.2, 0.25) is 0 Å². The van der Waals surface area contributed by atoms with E-state index in [1.807, 2.05) is 19.1 Å². The van der Waals surface area contributed by atoms with Crippen molar-refractivity contribution < 1.29 is 14.3 Å². The van der Waals surface area contributed by atoms with Gasteiger partial charge in [-0.3, -0.25) is 0 Å². The molecule has 2 heterocycles. The molecule has 4 heteroatoms. The molecule has 2 N–H and O–H groups in total. The minimum absolute atomic E-state index is 0.107. The highest BCUT2D eigenvalue weighted by Gasteiger charge is 2.39. The molecule has 2 rings (SSSR count). The highest BCUT2D eigenvalue weighted by atomic mass is 16.5. The molecule has 0 amide bonds. The smallest absolute Gasteiger partial charge is 0.120 e. The summed E-state index contributed by atoms with van der Waals surface area (Å²) in [6, 6.07) is 4.00. The maximum atomic E-state index is 10.4. The van der Waals surface area contributed by atoms with E-state index in [0.717, 1.165) is 12.2 Å². The lowest BCUT2D eigenvalue weighted by Gasteiger charge is -2.28. The van der Waals surface area contributed by atoms with Crippen LogP contribution in [-0.2, 0) is 4.74 Å². The molecule has 3 atom stereocenters. The molecule has 0 saturated carbocycles. The van der Waals surface area contributed by atoms with Crippen molar-refractivity contribution in [1.82, 2.24) is 5.32 Å². The largest absolute Gasteiger partial charge is 0.468 e. The van der Waals surface area contributed by atoms with E-state index in [1.165, 1.54) is 0 Å². The monoisotopic (exact) mass is 239 g/mol. The zero-order valence-electron chi connectivity index (χ0n) is 10.5. The Labute approximate surface area is 102 Å². The maximum absolute atomic E-state index is 10.4. The Morgan fingerprint density at radius 1 is 1.65 bits per heavy atom. The molecule has 0 bridgehead atoms. The minimum atomic E-state index is -0.750. The maximum Gasteiger partial charge on any atom is 0.120 e. The van der Waals surface area contributed by atoms with E-state index in [9.17, 15) is 5.11 Å². The molecular formula is C13H21NO3. The van der Waals surface area contributed by atoms with Crippen LogP contribution in [0.15, 0.2) is 22.8 Å². The van der Waals surface area contributed by atoms with Crippen molar-refractivity contribution in [2.24, 2.45) is 0 Å². The van der Waals surface area contributed by atoms with Gasteiger partial charge in [0, 0.05) is 19.6 Å². The number of ether oxygens (including phenoxy) is 1. The first-order valence-electron chi connectivity index (χ1n) is 6.26. The van der Waals surface area contributed by atoms with Gasteiger partial charge in [-0.25, -0.2) is 0 Å². The van der Waals surface area contributed by atoms with Gasteiger partial charge in [0.15, 0.2) is 0 Å². The van der Waals surface area contributed by atoms with Crippen molar-refractivity contribution >= 4 is 0 Å². The van der Waals surface area contributed by atoms with Crippen molar-refractivity contribution in [1.29, 1.82) is 0 Å². The molecular weight excluding hydrogens is 218 g/mol. The van der Waals surface area contributed by atoms with Crippen LogP contribution < -0.4 is 5.32 Å². The summed E-state index contributed by atoms with van der Waals surface area (Å²) in [5.74, 6) is 0.919. The van der Waals surface area contributed by atoms with Crippen LogP contribution in [-0.4, -0.2) is 30.0 Å². The lowest BCUT2D eigenvalue weighted by atomic mass is 9.96. The van der Waals surface area contributed by atoms with Crippen molar-refractivity contribution in [2.75, 3.05) is 13.2 Å². The first kappa shape index (κ1) is 12.6. The summed E-state index contributed by atoms with van der Waals surface area (Å²) in [5, 5.41) is 13.7. The summed E-state index contributed by atoms with van der Waals surface area (Å²) in [6.07, 6.45) is 3.19. The van der Waals surface area contributed by atoms with E-state index >= 15 is 0 Å². The Hall–Kier alpha value is -0.840. The minimum Gasteiger partial charge on any atom is -0.468 e. The van der Waals surface area contributed by atoms with Gasteiger partial charge in [-0.05, 0) is 25.5 Å². The average Bonchev–Trinajstić information content (AvgIpc) is 2.92. The quantitative estimate of drug-likeness (QED) is 0.823. The van der Waals surface area contributed by atoms with Gasteiger partial charge in [0.05, 0.1) is 18.4 Å². The summed E-state index contributed by atoms with van der Waals surface area (Å²) < 4.78 is 10.8. The molecule has 0 aliphatic carbocycles. The van der Waals surface area contributed by atoms with Crippen LogP contribution in [0.3, 0.4) is 0 Å². The normalized spacial score (nSPS) is 30.6. The Morgan fingerprint density at radius 3 is 3.00 bits per heavy atom. The van der Waals surface area contributed by atoms with E-state index in [2.05, 4.69) is 12.2 Å². The summed E-state index contributed by atoms with van der Waals surface area (Å²) in [4.78, 5) is 0. The van der Waals surface area contributed by atoms with Crippen molar-refractivity contribution in [3.8, 4) is 0 Å². The summed E-state index contributed by atoms with van der Waals surface area (Å²) in [6.45, 7) is 5.19. The summed E-state index contributed by atoms with van der Waals surface area (Å²) in [5.41, 5.74) is -0.750. The number of hydrogen-bond donors (Lipinski definition) is 2. The molecule has 0 aromatic carbocycles. The second kappa shape index (κ2) is 5.21. The van der Waals surface area contributed by atoms with Crippen LogP contribution in [0.25, 0.3) is 0 Å². The fourth-order valence-electron chi connectivity index (χ4n) is 2.24. The summed E-state index contributed by atoms with van der Waals surface area (Å²) >= 11 is 0. The third kappa shape index (κ3) is 2.70. The Morgan fingerprint density at radius 2 is 2.47 bits per heavy atom. The molecule has 3 unspecified atom stereocenters. The standard InChI is InChI=1S/C13H21NO3/c1-3-11(12-5-4-7-17-12)14-9-13(15)6-8-16-10(13)2/h4-5,7,10-11,14-15H,3,6,8-9H2,1-2H3. The summed E-state index contributed by atoms with van der Waals surface area (Å²) in [7, 11) is 0. The van der Waals surface area contributed by atoms with Gasteiger partial charge in [0.2, 0.25) is 0 Å². The Bertz CT molecular complexity index is 338. The van der Waals surface area contributed by atoms with Gasteiger partial charge < -0.3 is 19.6 Å². The number of rotatable bonds is 5. The second-order valence-corrected chi connectivity index (χ2v) is 4.72. The Kier molecular flexibility index (Phi) is 3.86. The lowest BCUT2D eigenvalue weighted by Crippen LogP contribution is -2.46. The van der Waals surface area contributed by atoms with E-state index in [4.69, 9.17) is 9.15 Å². The molecule has 4 nitrogen and oxygen atoms in total. The third-order valence-corrected chi connectivity index (χ3v) is 3.61. The highest BCUT2D eigenvalue weighted by Crippen LogP contribution is 2.26. The number of aliphatic hydroxyl groups is 1. The van der Waals surface area contributed by atoms with Crippen LogP contribution in [0.5, 0.6) is 0 Å². The van der Waals surface area contributed by atoms with E-state index < -0.39 is 5.60 Å². The fraction of sp³-hybridized carbons (Fsp3) is 0.692. The predicted molar refractivity (Wildman–Crippen MR) is 64.7 cm³/mol. The molecule has 1 aliphatic heterocycles. The van der Waals surface area contributed by atoms with Gasteiger partial charge in [-0.2, -0.15) is 0 Å². The van der Waals surface area contributed by atoms with Gasteiger partial charge in [0.25, 0.3) is 0 Å². The zero-order chi connectivity index (χ0) is 12.3. The zero-order valence-corrected chi connectivity index (χ0v) is 10.5. The first-order valence-corrected chi connectivity index (χ1v) is 6.26. The van der Waals surface area contributed by atoms with Gasteiger partial charge in [0.1, 0.15) is 11.4 Å². The molecule has 0 radical (unpaired) electrons. The predicted octanol–water partition coefficient (Wildman–Crippen LogP) is 1.86. The number of nitrogens with one attached hydrogen (secondary N) is 1. The topological polar surface area (TPSA) is 54.6 Å². The van der Waals surface area contributed by atoms with E-state index in [1.54, 1.807) is 6.26 Å². The highest BCUT2D eigenvalue weighted by molar-refractivity contribution is 5.05. The number of hydrogen-bond acceptors (Lipinski definition) is 4. The second-order valence-electron chi connectivity index (χ2n) is 4.72. The Balaban J connectivity index is 1.92. The van der Waals surface area contributed by atoms with Crippen molar-refractivity contribution in [3.63, 3.8) is 0 Å². The van der Waals surface area contributed by atoms with Gasteiger partial charge in [-0.1, -0.05) is 6.92 Å². The SMILES string of the molecule is CCC(NCC1(O)CCOC1C)c1ccco1. The van der Waals surface area contributed by atoms with Crippen LogP contribution in [0.1, 0.15) is 38.5 Å². The van der Waals surface area contributed by atoms with Gasteiger partial charge >= 0.3 is 0 Å². The van der Waals surface area contributed by atoms with Crippen molar-refractivity contribution in [2.45, 2.75) is 44.4 Å². The number of furan rings is 1. The molecule has 1 aromatic rings. The van der Waals surface area contributed by atoms with E-state index in [-0.39, 0.29) is 12.1 Å². The fourth-order valence-corrected chi connectivity index (χ4v) is 2.24. The molecule has 17 heavy (non-hydrogen) atoms. The molecule has 1 fully saturated rings.